The van der Waals surface area contributed by atoms with Gasteiger partial charge in [-0.15, -0.1) is 6.58 Å². The zero-order chi connectivity index (χ0) is 14.7. The summed E-state index contributed by atoms with van der Waals surface area (Å²) in [4.78, 5) is 0. The van der Waals surface area contributed by atoms with Crippen LogP contribution in [0, 0.1) is 11.8 Å². The maximum atomic E-state index is 5.96. The van der Waals surface area contributed by atoms with Crippen molar-refractivity contribution in [1.82, 2.24) is 0 Å². The Kier molecular flexibility index (Phi) is 4.99. The van der Waals surface area contributed by atoms with E-state index in [1.54, 1.807) is 0 Å². The average Bonchev–Trinajstić information content (AvgIpc) is 2.56. The van der Waals surface area contributed by atoms with E-state index in [0.29, 0.717) is 17.8 Å². The van der Waals surface area contributed by atoms with Gasteiger partial charge >= 0.3 is 0 Å². The van der Waals surface area contributed by atoms with Gasteiger partial charge in [0.2, 0.25) is 0 Å². The van der Waals surface area contributed by atoms with Crippen molar-refractivity contribution in [2.24, 2.45) is 11.8 Å². The van der Waals surface area contributed by atoms with Crippen LogP contribution in [0.2, 0.25) is 5.02 Å². The Morgan fingerprint density at radius 1 is 1.00 bits per heavy atom. The Morgan fingerprint density at radius 3 is 2.19 bits per heavy atom. The standard InChI is InChI=1S/C18H23ClO2/c1-2-13-11-20-18(21-12-13)16-5-3-14(4-6-16)15-7-9-17(19)10-8-15/h2,7-10,13-14,16,18H,1,3-6,11-12H2/t13-,14?,16?,18-. The number of hydrogen-bond donors (Lipinski definition) is 0. The van der Waals surface area contributed by atoms with Gasteiger partial charge in [0.25, 0.3) is 0 Å². The van der Waals surface area contributed by atoms with Crippen LogP contribution in [-0.4, -0.2) is 19.5 Å². The first-order chi connectivity index (χ1) is 10.3. The van der Waals surface area contributed by atoms with Crippen LogP contribution in [0.4, 0.5) is 0 Å². The SMILES string of the molecule is C=C[C@H]1CO[C@H](C2CCC(c3ccc(Cl)cc3)CC2)OC1. The van der Waals surface area contributed by atoms with E-state index in [9.17, 15) is 0 Å². The van der Waals surface area contributed by atoms with Crippen LogP contribution in [0.3, 0.4) is 0 Å². The molecule has 0 atom stereocenters. The van der Waals surface area contributed by atoms with Crippen molar-refractivity contribution in [1.29, 1.82) is 0 Å². The zero-order valence-corrected chi connectivity index (χ0v) is 13.1. The fourth-order valence-electron chi connectivity index (χ4n) is 3.40. The lowest BCUT2D eigenvalue weighted by molar-refractivity contribution is -0.222. The number of rotatable bonds is 3. The van der Waals surface area contributed by atoms with E-state index in [4.69, 9.17) is 21.1 Å². The van der Waals surface area contributed by atoms with Crippen molar-refractivity contribution in [3.05, 3.63) is 47.5 Å². The average molecular weight is 307 g/mol. The zero-order valence-electron chi connectivity index (χ0n) is 12.3. The van der Waals surface area contributed by atoms with Gasteiger partial charge in [-0.2, -0.15) is 0 Å². The predicted molar refractivity (Wildman–Crippen MR) is 85.5 cm³/mol. The highest BCUT2D eigenvalue weighted by Crippen LogP contribution is 2.39. The molecule has 21 heavy (non-hydrogen) atoms. The summed E-state index contributed by atoms with van der Waals surface area (Å²) < 4.78 is 11.7. The second kappa shape index (κ2) is 6.95. The highest BCUT2D eigenvalue weighted by Gasteiger charge is 2.32. The summed E-state index contributed by atoms with van der Waals surface area (Å²) in [6.07, 6.45) is 6.69. The molecule has 0 spiro atoms. The molecule has 0 bridgehead atoms. The van der Waals surface area contributed by atoms with Crippen molar-refractivity contribution < 1.29 is 9.47 Å². The molecule has 3 heteroatoms. The van der Waals surface area contributed by atoms with Gasteiger partial charge in [-0.05, 0) is 49.3 Å². The molecule has 2 nitrogen and oxygen atoms in total. The Hall–Kier alpha value is -0.830. The molecular formula is C18H23ClO2. The largest absolute Gasteiger partial charge is 0.352 e. The molecule has 1 saturated carbocycles. The second-order valence-electron chi connectivity index (χ2n) is 6.19. The van der Waals surface area contributed by atoms with Gasteiger partial charge in [-0.3, -0.25) is 0 Å². The molecule has 0 amide bonds. The molecule has 1 heterocycles. The summed E-state index contributed by atoms with van der Waals surface area (Å²) >= 11 is 5.96. The van der Waals surface area contributed by atoms with Crippen LogP contribution in [0.15, 0.2) is 36.9 Å². The van der Waals surface area contributed by atoms with Crippen LogP contribution < -0.4 is 0 Å². The maximum absolute atomic E-state index is 5.96. The smallest absolute Gasteiger partial charge is 0.160 e. The van der Waals surface area contributed by atoms with Crippen LogP contribution in [0.25, 0.3) is 0 Å². The highest BCUT2D eigenvalue weighted by atomic mass is 35.5. The Balaban J connectivity index is 1.51. The first kappa shape index (κ1) is 15.1. The third-order valence-electron chi connectivity index (χ3n) is 4.78. The maximum Gasteiger partial charge on any atom is 0.160 e. The fraction of sp³-hybridized carbons (Fsp3) is 0.556. The molecule has 1 aromatic rings. The van der Waals surface area contributed by atoms with Crippen LogP contribution >= 0.6 is 11.6 Å². The quantitative estimate of drug-likeness (QED) is 0.748. The molecule has 3 rings (SSSR count). The van der Waals surface area contributed by atoms with Crippen LogP contribution in [0.1, 0.15) is 37.2 Å². The minimum atomic E-state index is -0.00707. The molecule has 0 N–H and O–H groups in total. The van der Waals surface area contributed by atoms with Gasteiger partial charge < -0.3 is 9.47 Å². The molecule has 0 unspecified atom stereocenters. The monoisotopic (exact) mass is 306 g/mol. The second-order valence-corrected chi connectivity index (χ2v) is 6.63. The molecule has 0 radical (unpaired) electrons. The minimum Gasteiger partial charge on any atom is -0.352 e. The summed E-state index contributed by atoms with van der Waals surface area (Å²) in [5, 5.41) is 0.813. The van der Waals surface area contributed by atoms with Crippen LogP contribution in [-0.2, 0) is 9.47 Å². The van der Waals surface area contributed by atoms with Crippen molar-refractivity contribution in [2.75, 3.05) is 13.2 Å². The van der Waals surface area contributed by atoms with Crippen molar-refractivity contribution >= 4 is 11.6 Å². The molecule has 2 aliphatic rings. The number of ether oxygens (including phenoxy) is 2. The van der Waals surface area contributed by atoms with Gasteiger partial charge in [-0.1, -0.05) is 29.8 Å². The van der Waals surface area contributed by atoms with Gasteiger partial charge in [0.15, 0.2) is 6.29 Å². The van der Waals surface area contributed by atoms with E-state index >= 15 is 0 Å². The normalized spacial score (nSPS) is 33.6. The lowest BCUT2D eigenvalue weighted by Crippen LogP contribution is -2.37. The van der Waals surface area contributed by atoms with E-state index in [1.807, 2.05) is 18.2 Å². The number of hydrogen-bond acceptors (Lipinski definition) is 2. The lowest BCUT2D eigenvalue weighted by Gasteiger charge is -2.37. The molecule has 0 aromatic heterocycles. The predicted octanol–water partition coefficient (Wildman–Crippen LogP) is 4.79. The fourth-order valence-corrected chi connectivity index (χ4v) is 3.53. The first-order valence-electron chi connectivity index (χ1n) is 7.87. The summed E-state index contributed by atoms with van der Waals surface area (Å²) in [5.41, 5.74) is 1.41. The van der Waals surface area contributed by atoms with Gasteiger partial charge in [0.1, 0.15) is 0 Å². The van der Waals surface area contributed by atoms with E-state index in [0.717, 1.165) is 18.2 Å². The number of benzene rings is 1. The minimum absolute atomic E-state index is 0.00707. The molecular weight excluding hydrogens is 284 g/mol. The van der Waals surface area contributed by atoms with Crippen LogP contribution in [0.5, 0.6) is 0 Å². The number of halogens is 1. The third-order valence-corrected chi connectivity index (χ3v) is 5.03. The molecule has 1 saturated heterocycles. The Bertz CT molecular complexity index is 455. The van der Waals surface area contributed by atoms with Gasteiger partial charge in [-0.25, -0.2) is 0 Å². The van der Waals surface area contributed by atoms with Crippen molar-refractivity contribution in [3.63, 3.8) is 0 Å². The molecule has 2 fully saturated rings. The van der Waals surface area contributed by atoms with Gasteiger partial charge in [0, 0.05) is 16.9 Å². The van der Waals surface area contributed by atoms with E-state index in [-0.39, 0.29) is 6.29 Å². The molecule has 114 valence electrons. The first-order valence-corrected chi connectivity index (χ1v) is 8.25. The van der Waals surface area contributed by atoms with E-state index in [1.165, 1.54) is 31.2 Å². The summed E-state index contributed by atoms with van der Waals surface area (Å²) in [6, 6.07) is 8.31. The molecule has 1 aromatic carbocycles. The summed E-state index contributed by atoms with van der Waals surface area (Å²) in [7, 11) is 0. The van der Waals surface area contributed by atoms with Gasteiger partial charge in [0.05, 0.1) is 13.2 Å². The molecule has 1 aliphatic carbocycles. The van der Waals surface area contributed by atoms with Crippen molar-refractivity contribution in [3.8, 4) is 0 Å². The highest BCUT2D eigenvalue weighted by molar-refractivity contribution is 6.30. The summed E-state index contributed by atoms with van der Waals surface area (Å²) in [6.45, 7) is 5.31. The van der Waals surface area contributed by atoms with E-state index in [2.05, 4.69) is 18.7 Å². The molecule has 1 aliphatic heterocycles. The Labute approximate surface area is 132 Å². The topological polar surface area (TPSA) is 18.5 Å². The summed E-state index contributed by atoms with van der Waals surface area (Å²) in [5.74, 6) is 1.55. The van der Waals surface area contributed by atoms with Crippen molar-refractivity contribution in [2.45, 2.75) is 37.9 Å². The Morgan fingerprint density at radius 2 is 1.62 bits per heavy atom. The third kappa shape index (κ3) is 3.68. The van der Waals surface area contributed by atoms with E-state index < -0.39 is 0 Å². The lowest BCUT2D eigenvalue weighted by atomic mass is 9.78.